The molecule has 3 heterocycles. The number of nitrogens with one attached hydrogen (secondary N) is 1. The number of nitrogens with two attached hydrogens (primary N) is 1. The average molecular weight is 306 g/mol. The number of aryl methyl sites for hydroxylation is 1. The highest BCUT2D eigenvalue weighted by Gasteiger charge is 2.19. The predicted molar refractivity (Wildman–Crippen MR) is 80.3 cm³/mol. The molecule has 1 aliphatic heterocycles. The molecule has 0 saturated carbocycles. The molecule has 0 bridgehead atoms. The van der Waals surface area contributed by atoms with Crippen molar-refractivity contribution in [1.82, 2.24) is 14.5 Å². The normalized spacial score (nSPS) is 17.3. The minimum Gasteiger partial charge on any atom is -0.368 e. The summed E-state index contributed by atoms with van der Waals surface area (Å²) in [5, 5.41) is 3.65. The summed E-state index contributed by atoms with van der Waals surface area (Å²) in [7, 11) is 0. The highest BCUT2D eigenvalue weighted by molar-refractivity contribution is 6.33. The van der Waals surface area contributed by atoms with Gasteiger partial charge in [0.15, 0.2) is 0 Å². The second-order valence-electron chi connectivity index (χ2n) is 5.20. The standard InChI is InChI=1S/C14H16ClN5O/c15-11-5-10(13(16)21)7-19-14(11)18-6-9-1-2-12-17-3-4-20(12)8-9/h3-5,7,9H,1-2,6,8H2,(H2,16,21)(H,18,19)/t9-/m1/s1. The van der Waals surface area contributed by atoms with E-state index in [1.807, 2.05) is 12.4 Å². The van der Waals surface area contributed by atoms with E-state index in [-0.39, 0.29) is 0 Å². The maximum Gasteiger partial charge on any atom is 0.250 e. The molecule has 2 aromatic rings. The topological polar surface area (TPSA) is 85.8 Å². The molecule has 3 N–H and O–H groups in total. The van der Waals surface area contributed by atoms with Gasteiger partial charge in [-0.1, -0.05) is 11.6 Å². The average Bonchev–Trinajstić information content (AvgIpc) is 2.93. The van der Waals surface area contributed by atoms with Crippen LogP contribution in [-0.4, -0.2) is 27.0 Å². The SMILES string of the molecule is NC(=O)c1cnc(NC[C@H]2CCc3nccn3C2)c(Cl)c1. The molecule has 0 aliphatic carbocycles. The number of hydrogen-bond donors (Lipinski definition) is 2. The first-order chi connectivity index (χ1) is 10.1. The number of carbonyl (C=O) groups excluding carboxylic acids is 1. The van der Waals surface area contributed by atoms with Crippen molar-refractivity contribution in [3.8, 4) is 0 Å². The molecule has 0 fully saturated rings. The summed E-state index contributed by atoms with van der Waals surface area (Å²) in [6, 6.07) is 1.54. The number of carbonyl (C=O) groups is 1. The third-order valence-electron chi connectivity index (χ3n) is 3.72. The van der Waals surface area contributed by atoms with Gasteiger partial charge >= 0.3 is 0 Å². The summed E-state index contributed by atoms with van der Waals surface area (Å²) in [6.45, 7) is 1.72. The predicted octanol–water partition coefficient (Wildman–Crippen LogP) is 1.70. The van der Waals surface area contributed by atoms with E-state index in [0.29, 0.717) is 22.3 Å². The van der Waals surface area contributed by atoms with Crippen LogP contribution >= 0.6 is 11.6 Å². The monoisotopic (exact) mass is 305 g/mol. The Morgan fingerprint density at radius 1 is 1.52 bits per heavy atom. The summed E-state index contributed by atoms with van der Waals surface area (Å²) in [4.78, 5) is 19.5. The van der Waals surface area contributed by atoms with Gasteiger partial charge in [0.2, 0.25) is 5.91 Å². The van der Waals surface area contributed by atoms with Crippen LogP contribution in [0.5, 0.6) is 0 Å². The maximum atomic E-state index is 11.1. The number of anilines is 1. The second-order valence-corrected chi connectivity index (χ2v) is 5.61. The fourth-order valence-corrected chi connectivity index (χ4v) is 2.78. The smallest absolute Gasteiger partial charge is 0.250 e. The highest BCUT2D eigenvalue weighted by atomic mass is 35.5. The van der Waals surface area contributed by atoms with Gasteiger partial charge in [0.25, 0.3) is 0 Å². The van der Waals surface area contributed by atoms with Crippen LogP contribution in [0.25, 0.3) is 0 Å². The summed E-state index contributed by atoms with van der Waals surface area (Å²) >= 11 is 6.11. The molecular weight excluding hydrogens is 290 g/mol. The first-order valence-electron chi connectivity index (χ1n) is 6.82. The molecule has 1 amide bonds. The van der Waals surface area contributed by atoms with Gasteiger partial charge in [-0.2, -0.15) is 0 Å². The number of rotatable bonds is 4. The lowest BCUT2D eigenvalue weighted by molar-refractivity contribution is 0.1000. The van der Waals surface area contributed by atoms with Gasteiger partial charge in [0.1, 0.15) is 11.6 Å². The summed E-state index contributed by atoms with van der Waals surface area (Å²) in [5.74, 6) is 1.70. The summed E-state index contributed by atoms with van der Waals surface area (Å²) in [6.07, 6.45) is 7.36. The second kappa shape index (κ2) is 5.73. The van der Waals surface area contributed by atoms with Gasteiger partial charge in [0.05, 0.1) is 10.6 Å². The van der Waals surface area contributed by atoms with E-state index in [0.717, 1.165) is 31.8 Å². The van der Waals surface area contributed by atoms with E-state index in [1.54, 1.807) is 0 Å². The molecule has 0 spiro atoms. The Kier molecular flexibility index (Phi) is 3.79. The molecule has 110 valence electrons. The van der Waals surface area contributed by atoms with Gasteiger partial charge in [-0.05, 0) is 18.4 Å². The van der Waals surface area contributed by atoms with Gasteiger partial charge in [-0.3, -0.25) is 4.79 Å². The Morgan fingerprint density at radius 3 is 3.14 bits per heavy atom. The molecule has 0 radical (unpaired) electrons. The van der Waals surface area contributed by atoms with Crippen molar-refractivity contribution < 1.29 is 4.79 Å². The van der Waals surface area contributed by atoms with Crippen LogP contribution in [0.15, 0.2) is 24.7 Å². The zero-order chi connectivity index (χ0) is 14.8. The third-order valence-corrected chi connectivity index (χ3v) is 4.00. The van der Waals surface area contributed by atoms with Crippen LogP contribution < -0.4 is 11.1 Å². The third kappa shape index (κ3) is 3.00. The van der Waals surface area contributed by atoms with Gasteiger partial charge in [-0.15, -0.1) is 0 Å². The fraction of sp³-hybridized carbons (Fsp3) is 0.357. The Balaban J connectivity index is 1.62. The first-order valence-corrected chi connectivity index (χ1v) is 7.20. The number of halogens is 1. The van der Waals surface area contributed by atoms with E-state index in [2.05, 4.69) is 19.9 Å². The number of pyridine rings is 1. The number of hydrogen-bond acceptors (Lipinski definition) is 4. The molecular formula is C14H16ClN5O. The molecule has 0 aromatic carbocycles. The van der Waals surface area contributed by atoms with Crippen molar-refractivity contribution in [1.29, 1.82) is 0 Å². The number of fused-ring (bicyclic) bond motifs is 1. The minimum atomic E-state index is -0.532. The van der Waals surface area contributed by atoms with Crippen molar-refractivity contribution in [2.45, 2.75) is 19.4 Å². The molecule has 21 heavy (non-hydrogen) atoms. The largest absolute Gasteiger partial charge is 0.368 e. The van der Waals surface area contributed by atoms with E-state index >= 15 is 0 Å². The van der Waals surface area contributed by atoms with Crippen molar-refractivity contribution >= 4 is 23.3 Å². The van der Waals surface area contributed by atoms with Crippen LogP contribution in [-0.2, 0) is 13.0 Å². The molecule has 1 aliphatic rings. The van der Waals surface area contributed by atoms with Gasteiger partial charge in [0, 0.05) is 38.1 Å². The number of aromatic nitrogens is 3. The molecule has 6 nitrogen and oxygen atoms in total. The van der Waals surface area contributed by atoms with Crippen LogP contribution in [0.1, 0.15) is 22.6 Å². The van der Waals surface area contributed by atoms with E-state index in [4.69, 9.17) is 17.3 Å². The lowest BCUT2D eigenvalue weighted by Crippen LogP contribution is -2.26. The molecule has 3 rings (SSSR count). The fourth-order valence-electron chi connectivity index (χ4n) is 2.55. The minimum absolute atomic E-state index is 0.311. The van der Waals surface area contributed by atoms with E-state index < -0.39 is 5.91 Å². The zero-order valence-electron chi connectivity index (χ0n) is 11.4. The lowest BCUT2D eigenvalue weighted by atomic mass is 9.99. The molecule has 0 saturated heterocycles. The van der Waals surface area contributed by atoms with E-state index in [1.165, 1.54) is 12.3 Å². The molecule has 0 unspecified atom stereocenters. The Hall–Kier alpha value is -2.08. The van der Waals surface area contributed by atoms with Crippen LogP contribution in [0.3, 0.4) is 0 Å². The van der Waals surface area contributed by atoms with Crippen molar-refractivity contribution in [2.75, 3.05) is 11.9 Å². The number of amides is 1. The van der Waals surface area contributed by atoms with Crippen LogP contribution in [0.2, 0.25) is 5.02 Å². The summed E-state index contributed by atoms with van der Waals surface area (Å²) < 4.78 is 2.18. The van der Waals surface area contributed by atoms with Gasteiger partial charge < -0.3 is 15.6 Å². The van der Waals surface area contributed by atoms with Crippen LogP contribution in [0.4, 0.5) is 5.82 Å². The van der Waals surface area contributed by atoms with Crippen molar-refractivity contribution in [2.24, 2.45) is 11.7 Å². The van der Waals surface area contributed by atoms with Crippen molar-refractivity contribution in [3.05, 3.63) is 41.1 Å². The molecule has 7 heteroatoms. The first kappa shape index (κ1) is 13.9. The van der Waals surface area contributed by atoms with Gasteiger partial charge in [-0.25, -0.2) is 9.97 Å². The van der Waals surface area contributed by atoms with Crippen molar-refractivity contribution in [3.63, 3.8) is 0 Å². The Morgan fingerprint density at radius 2 is 2.38 bits per heavy atom. The zero-order valence-corrected chi connectivity index (χ0v) is 12.2. The number of nitrogens with zero attached hydrogens (tertiary/aromatic N) is 3. The quantitative estimate of drug-likeness (QED) is 0.900. The lowest BCUT2D eigenvalue weighted by Gasteiger charge is -2.24. The Bertz CT molecular complexity index is 669. The number of imidazole rings is 1. The number of primary amides is 1. The van der Waals surface area contributed by atoms with Crippen LogP contribution in [0, 0.1) is 5.92 Å². The highest BCUT2D eigenvalue weighted by Crippen LogP contribution is 2.23. The van der Waals surface area contributed by atoms with E-state index in [9.17, 15) is 4.79 Å². The molecule has 1 atom stereocenters. The molecule has 2 aromatic heterocycles. The summed E-state index contributed by atoms with van der Waals surface area (Å²) in [5.41, 5.74) is 5.50. The Labute approximate surface area is 127 Å². The maximum absolute atomic E-state index is 11.1.